The minimum Gasteiger partial charge on any atom is -0.370 e. The fraction of sp³-hybridized carbons (Fsp3) is 0.500. The standard InChI is InChI=1S/C20H28N6O2S2.HI/c21-19(24-11-13-25(14-12-24)20-22-8-15-29-20)23-16-17-4-6-18(7-5-17)30(27,28)26-9-2-1-3-10-26;/h4-8,15H,1-3,9-14,16H2,(H2,21,23);1H. The van der Waals surface area contributed by atoms with Crippen LogP contribution in [0.25, 0.3) is 0 Å². The van der Waals surface area contributed by atoms with E-state index in [1.54, 1.807) is 27.8 Å². The van der Waals surface area contributed by atoms with Crippen molar-refractivity contribution in [1.82, 2.24) is 14.2 Å². The Kier molecular flexibility index (Phi) is 8.53. The number of aliphatic imine (C=N–C) groups is 1. The molecule has 31 heavy (non-hydrogen) atoms. The van der Waals surface area contributed by atoms with Crippen LogP contribution in [0.15, 0.2) is 45.7 Å². The van der Waals surface area contributed by atoms with Gasteiger partial charge in [0.05, 0.1) is 11.4 Å². The molecule has 2 aliphatic rings. The van der Waals surface area contributed by atoms with Crippen molar-refractivity contribution < 1.29 is 8.42 Å². The lowest BCUT2D eigenvalue weighted by Gasteiger charge is -2.35. The smallest absolute Gasteiger partial charge is 0.243 e. The van der Waals surface area contributed by atoms with Gasteiger partial charge in [-0.15, -0.1) is 35.3 Å². The lowest BCUT2D eigenvalue weighted by atomic mass is 10.2. The number of piperazine rings is 1. The number of guanidine groups is 1. The first kappa shape index (κ1) is 24.2. The van der Waals surface area contributed by atoms with E-state index in [2.05, 4.69) is 19.8 Å². The molecular weight excluding hydrogens is 547 g/mol. The van der Waals surface area contributed by atoms with Gasteiger partial charge < -0.3 is 15.5 Å². The number of rotatable bonds is 5. The number of benzene rings is 1. The predicted molar refractivity (Wildman–Crippen MR) is 136 cm³/mol. The van der Waals surface area contributed by atoms with Crippen LogP contribution >= 0.6 is 35.3 Å². The molecule has 0 atom stereocenters. The number of anilines is 1. The van der Waals surface area contributed by atoms with Gasteiger partial charge in [-0.05, 0) is 30.5 Å². The third-order valence-corrected chi connectivity index (χ3v) is 8.34. The second-order valence-corrected chi connectivity index (χ2v) is 10.4. The summed E-state index contributed by atoms with van der Waals surface area (Å²) in [6.07, 6.45) is 4.79. The lowest BCUT2D eigenvalue weighted by Crippen LogP contribution is -2.51. The highest BCUT2D eigenvalue weighted by Crippen LogP contribution is 2.21. The van der Waals surface area contributed by atoms with Crippen LogP contribution in [0, 0.1) is 0 Å². The Labute approximate surface area is 205 Å². The van der Waals surface area contributed by atoms with Gasteiger partial charge >= 0.3 is 0 Å². The molecule has 2 aliphatic heterocycles. The number of hydrogen-bond acceptors (Lipinski definition) is 6. The molecule has 0 spiro atoms. The van der Waals surface area contributed by atoms with E-state index in [4.69, 9.17) is 5.73 Å². The summed E-state index contributed by atoms with van der Waals surface area (Å²) in [7, 11) is -3.40. The average molecular weight is 577 g/mol. The van der Waals surface area contributed by atoms with Gasteiger partial charge in [0.2, 0.25) is 10.0 Å². The molecule has 0 aliphatic carbocycles. The van der Waals surface area contributed by atoms with Gasteiger partial charge in [0.15, 0.2) is 11.1 Å². The zero-order valence-corrected chi connectivity index (χ0v) is 21.4. The lowest BCUT2D eigenvalue weighted by molar-refractivity contribution is 0.346. The Hall–Kier alpha value is -1.44. The fourth-order valence-electron chi connectivity index (χ4n) is 3.79. The first-order valence-corrected chi connectivity index (χ1v) is 12.6. The van der Waals surface area contributed by atoms with E-state index in [0.29, 0.717) is 30.5 Å². The first-order valence-electron chi connectivity index (χ1n) is 10.3. The number of aromatic nitrogens is 1. The van der Waals surface area contributed by atoms with Crippen LogP contribution in [0.3, 0.4) is 0 Å². The Morgan fingerprint density at radius 2 is 1.71 bits per heavy atom. The molecule has 0 bridgehead atoms. The monoisotopic (exact) mass is 576 g/mol. The van der Waals surface area contributed by atoms with E-state index >= 15 is 0 Å². The number of thiazole rings is 1. The zero-order valence-electron chi connectivity index (χ0n) is 17.4. The normalized spacial score (nSPS) is 18.6. The van der Waals surface area contributed by atoms with Crippen LogP contribution in [0.2, 0.25) is 0 Å². The van der Waals surface area contributed by atoms with E-state index in [0.717, 1.165) is 56.1 Å². The molecule has 2 fully saturated rings. The first-order chi connectivity index (χ1) is 14.5. The van der Waals surface area contributed by atoms with Crippen LogP contribution in [0.5, 0.6) is 0 Å². The maximum absolute atomic E-state index is 12.7. The molecule has 0 unspecified atom stereocenters. The molecule has 0 amide bonds. The maximum atomic E-state index is 12.7. The molecule has 1 aromatic carbocycles. The highest BCUT2D eigenvalue weighted by atomic mass is 127. The van der Waals surface area contributed by atoms with E-state index in [1.807, 2.05) is 23.7 Å². The number of halogens is 1. The van der Waals surface area contributed by atoms with Crippen molar-refractivity contribution >= 4 is 56.4 Å². The number of nitrogens with zero attached hydrogens (tertiary/aromatic N) is 5. The second kappa shape index (κ2) is 10.9. The van der Waals surface area contributed by atoms with Gasteiger partial charge in [-0.2, -0.15) is 4.31 Å². The van der Waals surface area contributed by atoms with Gasteiger partial charge in [0, 0.05) is 50.8 Å². The van der Waals surface area contributed by atoms with E-state index in [9.17, 15) is 8.42 Å². The molecule has 11 heteroatoms. The quantitative estimate of drug-likeness (QED) is 0.334. The van der Waals surface area contributed by atoms with Crippen molar-refractivity contribution in [2.24, 2.45) is 10.7 Å². The number of piperidine rings is 1. The van der Waals surface area contributed by atoms with Crippen molar-refractivity contribution in [3.63, 3.8) is 0 Å². The van der Waals surface area contributed by atoms with E-state index < -0.39 is 10.0 Å². The third-order valence-electron chi connectivity index (χ3n) is 5.59. The van der Waals surface area contributed by atoms with Gasteiger partial charge in [0.1, 0.15) is 0 Å². The second-order valence-electron chi connectivity index (χ2n) is 7.57. The van der Waals surface area contributed by atoms with Crippen LogP contribution in [0.4, 0.5) is 5.13 Å². The summed E-state index contributed by atoms with van der Waals surface area (Å²) < 4.78 is 27.1. The van der Waals surface area contributed by atoms with Crippen LogP contribution in [-0.2, 0) is 16.6 Å². The summed E-state index contributed by atoms with van der Waals surface area (Å²) >= 11 is 1.65. The van der Waals surface area contributed by atoms with Crippen LogP contribution in [0.1, 0.15) is 24.8 Å². The van der Waals surface area contributed by atoms with Gasteiger partial charge in [-0.25, -0.2) is 18.4 Å². The summed E-state index contributed by atoms with van der Waals surface area (Å²) in [6.45, 7) is 5.01. The molecule has 2 aromatic rings. The Morgan fingerprint density at radius 1 is 1.03 bits per heavy atom. The van der Waals surface area contributed by atoms with Crippen LogP contribution in [-0.4, -0.2) is 67.8 Å². The maximum Gasteiger partial charge on any atom is 0.243 e. The molecular formula is C20H29IN6O2S2. The summed E-state index contributed by atoms with van der Waals surface area (Å²) in [5.74, 6) is 0.527. The Morgan fingerprint density at radius 3 is 2.32 bits per heavy atom. The van der Waals surface area contributed by atoms with Crippen molar-refractivity contribution in [2.45, 2.75) is 30.7 Å². The predicted octanol–water partition coefficient (Wildman–Crippen LogP) is 2.57. The van der Waals surface area contributed by atoms with Crippen molar-refractivity contribution in [2.75, 3.05) is 44.2 Å². The molecule has 2 N–H and O–H groups in total. The molecule has 0 saturated carbocycles. The van der Waals surface area contributed by atoms with Gasteiger partial charge in [-0.3, -0.25) is 0 Å². The molecule has 1 aromatic heterocycles. The summed E-state index contributed by atoms with van der Waals surface area (Å²) in [4.78, 5) is 13.6. The van der Waals surface area contributed by atoms with E-state index in [-0.39, 0.29) is 24.0 Å². The topological polar surface area (TPSA) is 95.1 Å². The summed E-state index contributed by atoms with van der Waals surface area (Å²) in [5.41, 5.74) is 7.14. The number of nitrogens with two attached hydrogens (primary N) is 1. The molecule has 2 saturated heterocycles. The van der Waals surface area contributed by atoms with Gasteiger partial charge in [0.25, 0.3) is 0 Å². The minimum absolute atomic E-state index is 0. The molecule has 8 nitrogen and oxygen atoms in total. The highest BCUT2D eigenvalue weighted by Gasteiger charge is 2.25. The fourth-order valence-corrected chi connectivity index (χ4v) is 6.01. The molecule has 0 radical (unpaired) electrons. The molecule has 4 rings (SSSR count). The Bertz CT molecular complexity index is 952. The van der Waals surface area contributed by atoms with E-state index in [1.165, 1.54) is 0 Å². The SMILES string of the molecule is I.NC(=NCc1ccc(S(=O)(=O)N2CCCCC2)cc1)N1CCN(c2nccs2)CC1. The molecule has 3 heterocycles. The largest absolute Gasteiger partial charge is 0.370 e. The van der Waals surface area contributed by atoms with Crippen molar-refractivity contribution in [1.29, 1.82) is 0 Å². The number of sulfonamides is 1. The molecule has 170 valence electrons. The van der Waals surface area contributed by atoms with Crippen LogP contribution < -0.4 is 10.6 Å². The highest BCUT2D eigenvalue weighted by molar-refractivity contribution is 14.0. The third kappa shape index (κ3) is 5.88. The Balaban J connectivity index is 0.00000272. The average Bonchev–Trinajstić information content (AvgIpc) is 3.33. The zero-order chi connectivity index (χ0) is 21.0. The number of hydrogen-bond donors (Lipinski definition) is 1. The van der Waals surface area contributed by atoms with Gasteiger partial charge in [-0.1, -0.05) is 18.6 Å². The summed E-state index contributed by atoms with van der Waals surface area (Å²) in [6, 6.07) is 7.01. The minimum atomic E-state index is -3.40. The van der Waals surface area contributed by atoms with Crippen molar-refractivity contribution in [3.8, 4) is 0 Å². The van der Waals surface area contributed by atoms with Crippen molar-refractivity contribution in [3.05, 3.63) is 41.4 Å². The summed E-state index contributed by atoms with van der Waals surface area (Å²) in [5, 5.41) is 3.03.